The zero-order chi connectivity index (χ0) is 11.1. The van der Waals surface area contributed by atoms with Crippen LogP contribution in [0.5, 0.6) is 0 Å². The molecule has 0 saturated heterocycles. The summed E-state index contributed by atoms with van der Waals surface area (Å²) in [4.78, 5) is 3.28. The Balaban J connectivity index is 0.000000810. The van der Waals surface area contributed by atoms with E-state index in [1.165, 1.54) is 17.4 Å². The van der Waals surface area contributed by atoms with E-state index in [9.17, 15) is 0 Å². The largest absolute Gasteiger partial charge is 0.360 e. The number of rotatable bonds is 1. The number of H-pyrrole nitrogens is 1. The maximum Gasteiger partial charge on any atom is 0.0647 e. The van der Waals surface area contributed by atoms with Gasteiger partial charge in [-0.15, -0.1) is 24.8 Å². The van der Waals surface area contributed by atoms with Crippen molar-refractivity contribution in [3.8, 4) is 0 Å². The zero-order valence-corrected chi connectivity index (χ0v) is 12.2. The van der Waals surface area contributed by atoms with Gasteiger partial charge in [0.05, 0.1) is 10.5 Å². The van der Waals surface area contributed by atoms with Crippen LogP contribution in [0.2, 0.25) is 5.02 Å². The quantitative estimate of drug-likeness (QED) is 0.812. The number of nitrogens with two attached hydrogens (primary N) is 1. The van der Waals surface area contributed by atoms with E-state index in [-0.39, 0.29) is 24.8 Å². The third kappa shape index (κ3) is 2.62. The fourth-order valence-electron chi connectivity index (χ4n) is 2.78. The zero-order valence-electron chi connectivity index (χ0n) is 9.86. The van der Waals surface area contributed by atoms with Gasteiger partial charge in [0.25, 0.3) is 0 Å². The second-order valence-electron chi connectivity index (χ2n) is 4.68. The topological polar surface area (TPSA) is 41.8 Å². The first-order chi connectivity index (χ1) is 7.75. The molecule has 1 heterocycles. The predicted octanol–water partition coefficient (Wildman–Crippen LogP) is 4.26. The van der Waals surface area contributed by atoms with Crippen molar-refractivity contribution in [2.24, 2.45) is 5.73 Å². The van der Waals surface area contributed by atoms with Crippen molar-refractivity contribution in [2.45, 2.75) is 31.2 Å². The van der Waals surface area contributed by atoms with Crippen LogP contribution in [0, 0.1) is 0 Å². The van der Waals surface area contributed by atoms with Crippen LogP contribution in [-0.2, 0) is 0 Å². The lowest BCUT2D eigenvalue weighted by molar-refractivity contribution is 0.677. The lowest BCUT2D eigenvalue weighted by Crippen LogP contribution is -2.14. The molecule has 0 bridgehead atoms. The molecule has 1 saturated carbocycles. The van der Waals surface area contributed by atoms with Gasteiger partial charge in [-0.25, -0.2) is 0 Å². The standard InChI is InChI=1S/C13H15ClN2.2ClH/c14-12-3-1-2-10-11(7-16-13(10)12)8-4-5-9(15)6-8;;/h1-3,7-9,16H,4-6,15H2;2*1H/t8-,9-;;/m1../s1. The first-order valence-corrected chi connectivity index (χ1v) is 6.14. The summed E-state index contributed by atoms with van der Waals surface area (Å²) >= 11 is 6.15. The summed E-state index contributed by atoms with van der Waals surface area (Å²) in [6.45, 7) is 0. The maximum atomic E-state index is 6.15. The van der Waals surface area contributed by atoms with E-state index in [1.54, 1.807) is 0 Å². The van der Waals surface area contributed by atoms with E-state index in [1.807, 2.05) is 12.1 Å². The molecule has 0 radical (unpaired) electrons. The van der Waals surface area contributed by atoms with Gasteiger partial charge in [-0.05, 0) is 36.8 Å². The average molecular weight is 308 g/mol. The van der Waals surface area contributed by atoms with Crippen LogP contribution in [0.3, 0.4) is 0 Å². The summed E-state index contributed by atoms with van der Waals surface area (Å²) in [5.41, 5.74) is 8.40. The molecule has 2 atom stereocenters. The van der Waals surface area contributed by atoms with E-state index in [0.717, 1.165) is 23.4 Å². The summed E-state index contributed by atoms with van der Waals surface area (Å²) in [6.07, 6.45) is 5.53. The number of halogens is 3. The highest BCUT2D eigenvalue weighted by Gasteiger charge is 2.25. The molecular weight excluding hydrogens is 291 g/mol. The first-order valence-electron chi connectivity index (χ1n) is 5.77. The summed E-state index contributed by atoms with van der Waals surface area (Å²) in [5.74, 6) is 0.599. The van der Waals surface area contributed by atoms with Crippen LogP contribution in [-0.4, -0.2) is 11.0 Å². The predicted molar refractivity (Wildman–Crippen MR) is 82.4 cm³/mol. The SMILES string of the molecule is Cl.Cl.N[C@@H]1CC[C@@H](c2c[nH]c3c(Cl)cccc23)C1. The summed E-state index contributed by atoms with van der Waals surface area (Å²) < 4.78 is 0. The van der Waals surface area contributed by atoms with E-state index >= 15 is 0 Å². The molecule has 100 valence electrons. The van der Waals surface area contributed by atoms with Crippen molar-refractivity contribution in [3.63, 3.8) is 0 Å². The molecule has 0 aliphatic heterocycles. The summed E-state index contributed by atoms with van der Waals surface area (Å²) in [6, 6.07) is 6.44. The number of fused-ring (bicyclic) bond motifs is 1. The van der Waals surface area contributed by atoms with Crippen molar-refractivity contribution >= 4 is 47.3 Å². The minimum Gasteiger partial charge on any atom is -0.360 e. The van der Waals surface area contributed by atoms with Gasteiger partial charge in [0.2, 0.25) is 0 Å². The van der Waals surface area contributed by atoms with Crippen LogP contribution in [0.25, 0.3) is 10.9 Å². The van der Waals surface area contributed by atoms with Crippen LogP contribution in [0.1, 0.15) is 30.7 Å². The molecule has 2 aromatic rings. The highest BCUT2D eigenvalue weighted by Crippen LogP contribution is 2.38. The van der Waals surface area contributed by atoms with E-state index in [2.05, 4.69) is 17.2 Å². The number of benzene rings is 1. The fourth-order valence-corrected chi connectivity index (χ4v) is 3.00. The molecule has 0 spiro atoms. The van der Waals surface area contributed by atoms with Crippen LogP contribution in [0.4, 0.5) is 0 Å². The highest BCUT2D eigenvalue weighted by atomic mass is 35.5. The van der Waals surface area contributed by atoms with Crippen LogP contribution >= 0.6 is 36.4 Å². The highest BCUT2D eigenvalue weighted by molar-refractivity contribution is 6.35. The Hall–Kier alpha value is -0.410. The van der Waals surface area contributed by atoms with Gasteiger partial charge in [-0.3, -0.25) is 0 Å². The van der Waals surface area contributed by atoms with Crippen LogP contribution in [0.15, 0.2) is 24.4 Å². The molecule has 0 amide bonds. The fraction of sp³-hybridized carbons (Fsp3) is 0.385. The van der Waals surface area contributed by atoms with Gasteiger partial charge >= 0.3 is 0 Å². The molecule has 1 fully saturated rings. The Bertz CT molecular complexity index is 524. The van der Waals surface area contributed by atoms with Gasteiger partial charge in [0.15, 0.2) is 0 Å². The van der Waals surface area contributed by atoms with Crippen molar-refractivity contribution in [1.82, 2.24) is 4.98 Å². The number of aromatic nitrogens is 1. The molecule has 1 aromatic heterocycles. The molecule has 18 heavy (non-hydrogen) atoms. The Morgan fingerprint density at radius 1 is 1.22 bits per heavy atom. The van der Waals surface area contributed by atoms with Crippen molar-refractivity contribution in [1.29, 1.82) is 0 Å². The Labute approximate surface area is 124 Å². The molecule has 0 unspecified atom stereocenters. The van der Waals surface area contributed by atoms with Gasteiger partial charge in [0.1, 0.15) is 0 Å². The van der Waals surface area contributed by atoms with Gasteiger partial charge in [-0.1, -0.05) is 23.7 Å². The first kappa shape index (κ1) is 15.6. The average Bonchev–Trinajstić information content (AvgIpc) is 2.84. The lowest BCUT2D eigenvalue weighted by Gasteiger charge is -2.08. The second kappa shape index (κ2) is 6.16. The number of para-hydroxylation sites is 1. The molecule has 1 aliphatic rings. The smallest absolute Gasteiger partial charge is 0.0647 e. The Kier molecular flexibility index (Phi) is 5.35. The van der Waals surface area contributed by atoms with Crippen molar-refractivity contribution in [2.75, 3.05) is 0 Å². The Morgan fingerprint density at radius 2 is 2.00 bits per heavy atom. The molecule has 5 heteroatoms. The lowest BCUT2D eigenvalue weighted by atomic mass is 9.97. The summed E-state index contributed by atoms with van der Waals surface area (Å²) in [7, 11) is 0. The molecule has 2 nitrogen and oxygen atoms in total. The molecule has 1 aliphatic carbocycles. The van der Waals surface area contributed by atoms with Crippen molar-refractivity contribution in [3.05, 3.63) is 35.0 Å². The van der Waals surface area contributed by atoms with Gasteiger partial charge < -0.3 is 10.7 Å². The number of hydrogen-bond donors (Lipinski definition) is 2. The number of hydrogen-bond acceptors (Lipinski definition) is 1. The molecular formula is C13H17Cl3N2. The van der Waals surface area contributed by atoms with E-state index in [4.69, 9.17) is 17.3 Å². The normalized spacial score (nSPS) is 22.6. The van der Waals surface area contributed by atoms with Gasteiger partial charge in [-0.2, -0.15) is 0 Å². The van der Waals surface area contributed by atoms with Crippen LogP contribution < -0.4 is 5.73 Å². The summed E-state index contributed by atoms with van der Waals surface area (Å²) in [5, 5.41) is 2.05. The maximum absolute atomic E-state index is 6.15. The van der Waals surface area contributed by atoms with Crippen molar-refractivity contribution < 1.29 is 0 Å². The molecule has 3 N–H and O–H groups in total. The number of nitrogens with one attached hydrogen (secondary N) is 1. The molecule has 3 rings (SSSR count). The second-order valence-corrected chi connectivity index (χ2v) is 5.08. The molecule has 1 aromatic carbocycles. The minimum absolute atomic E-state index is 0. The third-order valence-corrected chi connectivity index (χ3v) is 3.92. The number of aromatic amines is 1. The van der Waals surface area contributed by atoms with E-state index in [0.29, 0.717) is 12.0 Å². The Morgan fingerprint density at radius 3 is 2.67 bits per heavy atom. The monoisotopic (exact) mass is 306 g/mol. The minimum atomic E-state index is 0. The van der Waals surface area contributed by atoms with Gasteiger partial charge in [0, 0.05) is 17.6 Å². The van der Waals surface area contributed by atoms with E-state index < -0.39 is 0 Å². The third-order valence-electron chi connectivity index (χ3n) is 3.61.